The number of nitrogens with one attached hydrogen (secondary N) is 2. The fourth-order valence-electron chi connectivity index (χ4n) is 3.36. The lowest BCUT2D eigenvalue weighted by atomic mass is 10.0. The van der Waals surface area contributed by atoms with E-state index in [4.69, 9.17) is 9.47 Å². The molecule has 1 aromatic heterocycles. The molecule has 148 valence electrons. The van der Waals surface area contributed by atoms with Crippen molar-refractivity contribution in [3.8, 4) is 11.5 Å². The van der Waals surface area contributed by atoms with Crippen LogP contribution in [0.15, 0.2) is 54.9 Å². The van der Waals surface area contributed by atoms with Crippen molar-refractivity contribution in [3.63, 3.8) is 0 Å². The molecule has 3 aromatic rings. The van der Waals surface area contributed by atoms with Crippen molar-refractivity contribution in [2.45, 2.75) is 26.7 Å². The van der Waals surface area contributed by atoms with Crippen molar-refractivity contribution in [1.29, 1.82) is 0 Å². The Hall–Kier alpha value is -3.54. The van der Waals surface area contributed by atoms with Crippen LogP contribution < -0.4 is 20.1 Å². The molecule has 2 aromatic carbocycles. The monoisotopic (exact) mass is 389 g/mol. The minimum Gasteiger partial charge on any atom is -0.454 e. The van der Waals surface area contributed by atoms with Crippen molar-refractivity contribution in [1.82, 2.24) is 4.98 Å². The second-order valence-electron chi connectivity index (χ2n) is 6.77. The van der Waals surface area contributed by atoms with Gasteiger partial charge in [-0.2, -0.15) is 0 Å². The summed E-state index contributed by atoms with van der Waals surface area (Å²) >= 11 is 0. The first kappa shape index (κ1) is 18.8. The summed E-state index contributed by atoms with van der Waals surface area (Å²) in [7, 11) is 0. The van der Waals surface area contributed by atoms with Gasteiger partial charge in [0, 0.05) is 23.6 Å². The highest BCUT2D eigenvalue weighted by atomic mass is 16.7. The Morgan fingerprint density at radius 2 is 1.72 bits per heavy atom. The third-order valence-electron chi connectivity index (χ3n) is 4.90. The number of anilines is 3. The number of carbonyl (C=O) groups is 1. The Balaban J connectivity index is 1.54. The predicted octanol–water partition coefficient (Wildman–Crippen LogP) is 4.93. The second-order valence-corrected chi connectivity index (χ2v) is 6.77. The van der Waals surface area contributed by atoms with Crippen LogP contribution in [0.4, 0.5) is 17.1 Å². The third kappa shape index (κ3) is 4.01. The number of hydrogen-bond acceptors (Lipinski definition) is 5. The van der Waals surface area contributed by atoms with Crippen LogP contribution >= 0.6 is 0 Å². The number of rotatable bonds is 6. The first-order chi connectivity index (χ1) is 14.2. The van der Waals surface area contributed by atoms with E-state index in [1.165, 1.54) is 0 Å². The smallest absolute Gasteiger partial charge is 0.257 e. The molecule has 4 rings (SSSR count). The molecule has 0 unspecified atom stereocenters. The fourth-order valence-corrected chi connectivity index (χ4v) is 3.36. The van der Waals surface area contributed by atoms with Gasteiger partial charge in [-0.1, -0.05) is 32.0 Å². The molecular weight excluding hydrogens is 366 g/mol. The molecule has 1 aliphatic heterocycles. The predicted molar refractivity (Wildman–Crippen MR) is 113 cm³/mol. The molecule has 2 heterocycles. The Morgan fingerprint density at radius 1 is 0.966 bits per heavy atom. The minimum atomic E-state index is -0.178. The molecule has 0 bridgehead atoms. The van der Waals surface area contributed by atoms with E-state index in [9.17, 15) is 4.79 Å². The first-order valence-electron chi connectivity index (χ1n) is 9.71. The van der Waals surface area contributed by atoms with E-state index in [0.717, 1.165) is 46.8 Å². The maximum Gasteiger partial charge on any atom is 0.257 e. The highest BCUT2D eigenvalue weighted by molar-refractivity contribution is 6.05. The van der Waals surface area contributed by atoms with E-state index in [2.05, 4.69) is 29.5 Å². The van der Waals surface area contributed by atoms with E-state index in [-0.39, 0.29) is 12.7 Å². The summed E-state index contributed by atoms with van der Waals surface area (Å²) in [5, 5.41) is 6.34. The molecule has 6 heteroatoms. The van der Waals surface area contributed by atoms with Gasteiger partial charge in [0.2, 0.25) is 6.79 Å². The normalized spacial score (nSPS) is 11.9. The number of carbonyl (C=O) groups excluding carboxylic acids is 1. The van der Waals surface area contributed by atoms with Crippen LogP contribution in [0, 0.1) is 0 Å². The number of nitrogens with zero attached hydrogens (tertiary/aromatic N) is 1. The zero-order valence-corrected chi connectivity index (χ0v) is 16.5. The summed E-state index contributed by atoms with van der Waals surface area (Å²) in [6.45, 7) is 4.40. The third-order valence-corrected chi connectivity index (χ3v) is 4.90. The molecule has 29 heavy (non-hydrogen) atoms. The summed E-state index contributed by atoms with van der Waals surface area (Å²) in [4.78, 5) is 17.1. The number of aryl methyl sites for hydroxylation is 2. The molecule has 2 N–H and O–H groups in total. The SMILES string of the molecule is CCc1cccc(CC)c1NC(=O)c1cncc(Nc2ccc3c(c2)OCO3)c1. The maximum absolute atomic E-state index is 12.9. The van der Waals surface area contributed by atoms with Gasteiger partial charge in [0.05, 0.1) is 17.4 Å². The standard InChI is InChI=1S/C23H23N3O3/c1-3-15-6-5-7-16(4-2)22(15)26-23(27)17-10-19(13-24-12-17)25-18-8-9-20-21(11-18)29-14-28-20/h5-13,25H,3-4,14H2,1-2H3,(H,26,27). The van der Waals surface area contributed by atoms with Crippen molar-refractivity contribution in [2.75, 3.05) is 17.4 Å². The zero-order valence-electron chi connectivity index (χ0n) is 16.5. The lowest BCUT2D eigenvalue weighted by molar-refractivity contribution is 0.102. The number of amides is 1. The van der Waals surface area contributed by atoms with Crippen LogP contribution in [0.5, 0.6) is 11.5 Å². The lowest BCUT2D eigenvalue weighted by Crippen LogP contribution is -2.15. The zero-order chi connectivity index (χ0) is 20.2. The van der Waals surface area contributed by atoms with Crippen LogP contribution in [0.25, 0.3) is 0 Å². The molecule has 0 saturated carbocycles. The number of fused-ring (bicyclic) bond motifs is 1. The Morgan fingerprint density at radius 3 is 2.48 bits per heavy atom. The number of hydrogen-bond donors (Lipinski definition) is 2. The molecule has 0 atom stereocenters. The van der Waals surface area contributed by atoms with Gasteiger partial charge >= 0.3 is 0 Å². The fraction of sp³-hybridized carbons (Fsp3) is 0.217. The minimum absolute atomic E-state index is 0.178. The molecule has 0 spiro atoms. The first-order valence-corrected chi connectivity index (χ1v) is 9.71. The van der Waals surface area contributed by atoms with Gasteiger partial charge in [0.15, 0.2) is 11.5 Å². The van der Waals surface area contributed by atoms with Gasteiger partial charge in [0.25, 0.3) is 5.91 Å². The van der Waals surface area contributed by atoms with E-state index < -0.39 is 0 Å². The quantitative estimate of drug-likeness (QED) is 0.625. The van der Waals surface area contributed by atoms with Crippen LogP contribution in [0.2, 0.25) is 0 Å². The van der Waals surface area contributed by atoms with E-state index in [1.807, 2.05) is 36.4 Å². The van der Waals surface area contributed by atoms with Crippen LogP contribution in [-0.4, -0.2) is 17.7 Å². The molecule has 0 fully saturated rings. The van der Waals surface area contributed by atoms with E-state index in [1.54, 1.807) is 18.5 Å². The number of aromatic nitrogens is 1. The summed E-state index contributed by atoms with van der Waals surface area (Å²) < 4.78 is 10.7. The van der Waals surface area contributed by atoms with Gasteiger partial charge in [-0.05, 0) is 42.2 Å². The summed E-state index contributed by atoms with van der Waals surface area (Å²) in [6, 6.07) is 13.5. The lowest BCUT2D eigenvalue weighted by Gasteiger charge is -2.15. The molecule has 1 aliphatic rings. The van der Waals surface area contributed by atoms with Crippen LogP contribution in [0.3, 0.4) is 0 Å². The molecule has 1 amide bonds. The number of pyridine rings is 1. The second kappa shape index (κ2) is 8.22. The average molecular weight is 389 g/mol. The van der Waals surface area contributed by atoms with Crippen molar-refractivity contribution >= 4 is 23.0 Å². The Kier molecular flexibility index (Phi) is 5.33. The van der Waals surface area contributed by atoms with Crippen molar-refractivity contribution in [2.24, 2.45) is 0 Å². The van der Waals surface area contributed by atoms with Gasteiger partial charge in [-0.3, -0.25) is 9.78 Å². The van der Waals surface area contributed by atoms with Crippen LogP contribution in [-0.2, 0) is 12.8 Å². The van der Waals surface area contributed by atoms with Crippen LogP contribution in [0.1, 0.15) is 35.3 Å². The Bertz CT molecular complexity index is 1030. The topological polar surface area (TPSA) is 72.5 Å². The highest BCUT2D eigenvalue weighted by Crippen LogP contribution is 2.35. The van der Waals surface area contributed by atoms with Crippen molar-refractivity contribution < 1.29 is 14.3 Å². The molecule has 0 radical (unpaired) electrons. The van der Waals surface area contributed by atoms with Gasteiger partial charge < -0.3 is 20.1 Å². The largest absolute Gasteiger partial charge is 0.454 e. The molecular formula is C23H23N3O3. The number of ether oxygens (including phenoxy) is 2. The molecule has 0 aliphatic carbocycles. The van der Waals surface area contributed by atoms with Gasteiger partial charge in [-0.25, -0.2) is 0 Å². The number of para-hydroxylation sites is 1. The number of benzene rings is 2. The highest BCUT2D eigenvalue weighted by Gasteiger charge is 2.15. The van der Waals surface area contributed by atoms with Gasteiger partial charge in [-0.15, -0.1) is 0 Å². The molecule has 6 nitrogen and oxygen atoms in total. The summed E-state index contributed by atoms with van der Waals surface area (Å²) in [6.07, 6.45) is 4.96. The molecule has 0 saturated heterocycles. The maximum atomic E-state index is 12.9. The summed E-state index contributed by atoms with van der Waals surface area (Å²) in [5.74, 6) is 1.24. The average Bonchev–Trinajstić information content (AvgIpc) is 3.22. The van der Waals surface area contributed by atoms with Gasteiger partial charge in [0.1, 0.15) is 0 Å². The summed E-state index contributed by atoms with van der Waals surface area (Å²) in [5.41, 5.74) is 5.19. The van der Waals surface area contributed by atoms with E-state index >= 15 is 0 Å². The van der Waals surface area contributed by atoms with E-state index in [0.29, 0.717) is 11.3 Å². The Labute approximate surface area is 169 Å². The van der Waals surface area contributed by atoms with Crippen molar-refractivity contribution in [3.05, 3.63) is 71.5 Å².